The van der Waals surface area contributed by atoms with Crippen LogP contribution in [-0.4, -0.2) is 53.5 Å². The van der Waals surface area contributed by atoms with E-state index >= 15 is 0 Å². The fourth-order valence-electron chi connectivity index (χ4n) is 2.65. The van der Waals surface area contributed by atoms with Crippen LogP contribution in [0, 0.1) is 11.7 Å². The maximum Gasteiger partial charge on any atom is 0.201 e. The summed E-state index contributed by atoms with van der Waals surface area (Å²) in [5.41, 5.74) is 1.55. The van der Waals surface area contributed by atoms with Gasteiger partial charge in [0, 0.05) is 38.4 Å². The van der Waals surface area contributed by atoms with E-state index in [-0.39, 0.29) is 5.78 Å². The molecule has 1 aliphatic rings. The van der Waals surface area contributed by atoms with Crippen LogP contribution < -0.4 is 4.90 Å². The van der Waals surface area contributed by atoms with E-state index in [4.69, 9.17) is 12.2 Å². The highest BCUT2D eigenvalue weighted by atomic mass is 32.1. The lowest BCUT2D eigenvalue weighted by atomic mass is 10.1. The monoisotopic (exact) mass is 306 g/mol. The Bertz CT molecular complexity index is 615. The molecule has 0 atom stereocenters. The molecule has 2 rings (SSSR count). The molecular formula is C15H22N4OS. The Hall–Kier alpha value is -1.53. The van der Waals surface area contributed by atoms with Crippen LogP contribution in [0.25, 0.3) is 0 Å². The molecule has 1 aromatic heterocycles. The molecule has 1 aliphatic heterocycles. The van der Waals surface area contributed by atoms with Gasteiger partial charge < -0.3 is 14.4 Å². The molecule has 1 aromatic rings. The molecule has 21 heavy (non-hydrogen) atoms. The number of carbonyl (C=O) groups excluding carboxylic acids is 1. The largest absolute Gasteiger partial charge is 0.353 e. The molecule has 1 fully saturated rings. The standard InChI is InChI=1S/C15H22N4OS/c1-5-6-19-11(2)13(12(3)20)14(16-15(19)21)18-9-7-17(4)8-10-18/h5H,1,6-10H2,2-4H3. The van der Waals surface area contributed by atoms with Gasteiger partial charge in [-0.15, -0.1) is 6.58 Å². The maximum absolute atomic E-state index is 12.1. The first kappa shape index (κ1) is 15.9. The zero-order chi connectivity index (χ0) is 15.6. The summed E-state index contributed by atoms with van der Waals surface area (Å²) in [5.74, 6) is 0.764. The fourth-order valence-corrected chi connectivity index (χ4v) is 2.95. The van der Waals surface area contributed by atoms with E-state index in [9.17, 15) is 4.79 Å². The second-order valence-electron chi connectivity index (χ2n) is 5.42. The predicted octanol–water partition coefficient (Wildman–Crippen LogP) is 2.06. The minimum Gasteiger partial charge on any atom is -0.353 e. The molecule has 0 N–H and O–H groups in total. The van der Waals surface area contributed by atoms with Gasteiger partial charge in [-0.25, -0.2) is 4.98 Å². The summed E-state index contributed by atoms with van der Waals surface area (Å²) in [6.07, 6.45) is 1.77. The van der Waals surface area contributed by atoms with E-state index < -0.39 is 0 Å². The molecule has 0 aliphatic carbocycles. The predicted molar refractivity (Wildman–Crippen MR) is 87.7 cm³/mol. The molecule has 0 aromatic carbocycles. The van der Waals surface area contributed by atoms with Crippen LogP contribution >= 0.6 is 12.2 Å². The highest BCUT2D eigenvalue weighted by molar-refractivity contribution is 7.71. The smallest absolute Gasteiger partial charge is 0.201 e. The number of likely N-dealkylation sites (N-methyl/N-ethyl adjacent to an activating group) is 1. The number of Topliss-reactive ketones (excluding diaryl/α,β-unsaturated/α-hetero) is 1. The van der Waals surface area contributed by atoms with Crippen LogP contribution in [0.2, 0.25) is 0 Å². The molecule has 5 nitrogen and oxygen atoms in total. The van der Waals surface area contributed by atoms with Crippen molar-refractivity contribution in [1.29, 1.82) is 0 Å². The van der Waals surface area contributed by atoms with Gasteiger partial charge >= 0.3 is 0 Å². The topological polar surface area (TPSA) is 41.4 Å². The van der Waals surface area contributed by atoms with Crippen molar-refractivity contribution in [3.05, 3.63) is 28.7 Å². The van der Waals surface area contributed by atoms with E-state index in [0.29, 0.717) is 16.9 Å². The van der Waals surface area contributed by atoms with Gasteiger partial charge in [-0.3, -0.25) is 4.79 Å². The molecule has 0 bridgehead atoms. The highest BCUT2D eigenvalue weighted by Gasteiger charge is 2.23. The van der Waals surface area contributed by atoms with Crippen LogP contribution in [0.5, 0.6) is 0 Å². The van der Waals surface area contributed by atoms with E-state index in [1.54, 1.807) is 13.0 Å². The van der Waals surface area contributed by atoms with Crippen molar-refractivity contribution in [2.75, 3.05) is 38.1 Å². The molecule has 114 valence electrons. The Morgan fingerprint density at radius 2 is 2.00 bits per heavy atom. The lowest BCUT2D eigenvalue weighted by Crippen LogP contribution is -2.45. The van der Waals surface area contributed by atoms with E-state index in [1.165, 1.54) is 0 Å². The van der Waals surface area contributed by atoms with Gasteiger partial charge in [0.1, 0.15) is 5.82 Å². The SMILES string of the molecule is C=CCn1c(C)c(C(C)=O)c(N2CCN(C)CC2)nc1=S. The number of anilines is 1. The minimum atomic E-state index is 0.0294. The van der Waals surface area contributed by atoms with E-state index in [1.807, 2.05) is 11.5 Å². The third-order valence-electron chi connectivity index (χ3n) is 3.89. The molecule has 2 heterocycles. The zero-order valence-corrected chi connectivity index (χ0v) is 13.7. The average molecular weight is 306 g/mol. The summed E-state index contributed by atoms with van der Waals surface area (Å²) in [5, 5.41) is 0. The number of hydrogen-bond donors (Lipinski definition) is 0. The van der Waals surface area contributed by atoms with Gasteiger partial charge in [-0.2, -0.15) is 0 Å². The maximum atomic E-state index is 12.1. The van der Waals surface area contributed by atoms with Crippen molar-refractivity contribution in [2.45, 2.75) is 20.4 Å². The van der Waals surface area contributed by atoms with E-state index in [0.717, 1.165) is 37.7 Å². The number of nitrogens with zero attached hydrogens (tertiary/aromatic N) is 4. The molecule has 1 saturated heterocycles. The van der Waals surface area contributed by atoms with Crippen LogP contribution in [0.3, 0.4) is 0 Å². The second kappa shape index (κ2) is 6.49. The number of hydrogen-bond acceptors (Lipinski definition) is 5. The van der Waals surface area contributed by atoms with Gasteiger partial charge in [0.2, 0.25) is 4.77 Å². The molecule has 6 heteroatoms. The fraction of sp³-hybridized carbons (Fsp3) is 0.533. The van der Waals surface area contributed by atoms with Crippen LogP contribution in [-0.2, 0) is 6.54 Å². The lowest BCUT2D eigenvalue weighted by Gasteiger charge is -2.34. The average Bonchev–Trinajstić information content (AvgIpc) is 2.43. The molecule has 0 unspecified atom stereocenters. The van der Waals surface area contributed by atoms with Gasteiger partial charge in [-0.1, -0.05) is 6.08 Å². The summed E-state index contributed by atoms with van der Waals surface area (Å²) < 4.78 is 2.37. The van der Waals surface area contributed by atoms with Crippen LogP contribution in [0.15, 0.2) is 12.7 Å². The number of piperazine rings is 1. The number of ketones is 1. The van der Waals surface area contributed by atoms with Crippen molar-refractivity contribution in [3.63, 3.8) is 0 Å². The first-order chi connectivity index (χ1) is 9.95. The van der Waals surface area contributed by atoms with Gasteiger partial charge in [-0.05, 0) is 33.1 Å². The third-order valence-corrected chi connectivity index (χ3v) is 4.20. The quantitative estimate of drug-likeness (QED) is 0.484. The Balaban J connectivity index is 2.52. The number of rotatable bonds is 4. The zero-order valence-electron chi connectivity index (χ0n) is 12.9. The van der Waals surface area contributed by atoms with Crippen LogP contribution in [0.4, 0.5) is 5.82 Å². The normalized spacial score (nSPS) is 16.0. The van der Waals surface area contributed by atoms with Crippen molar-refractivity contribution >= 4 is 23.8 Å². The van der Waals surface area contributed by atoms with E-state index in [2.05, 4.69) is 28.4 Å². The number of carbonyl (C=O) groups is 1. The molecular weight excluding hydrogens is 284 g/mol. The van der Waals surface area contributed by atoms with Crippen LogP contribution in [0.1, 0.15) is 23.0 Å². The Kier molecular flexibility index (Phi) is 4.90. The Labute approximate surface area is 130 Å². The second-order valence-corrected chi connectivity index (χ2v) is 5.79. The summed E-state index contributed by atoms with van der Waals surface area (Å²) in [6, 6.07) is 0. The Morgan fingerprint density at radius 3 is 2.52 bits per heavy atom. The van der Waals surface area contributed by atoms with Crippen molar-refractivity contribution < 1.29 is 4.79 Å². The van der Waals surface area contributed by atoms with Crippen molar-refractivity contribution in [2.24, 2.45) is 0 Å². The molecule has 0 radical (unpaired) electrons. The Morgan fingerprint density at radius 1 is 1.38 bits per heavy atom. The number of allylic oxidation sites excluding steroid dienone is 1. The van der Waals surface area contributed by atoms with Crippen molar-refractivity contribution in [3.8, 4) is 0 Å². The lowest BCUT2D eigenvalue weighted by molar-refractivity contribution is 0.101. The molecule has 0 amide bonds. The highest BCUT2D eigenvalue weighted by Crippen LogP contribution is 2.23. The first-order valence-electron chi connectivity index (χ1n) is 7.12. The number of aromatic nitrogens is 2. The first-order valence-corrected chi connectivity index (χ1v) is 7.53. The van der Waals surface area contributed by atoms with Crippen molar-refractivity contribution in [1.82, 2.24) is 14.5 Å². The molecule has 0 saturated carbocycles. The summed E-state index contributed by atoms with van der Waals surface area (Å²) >= 11 is 5.39. The van der Waals surface area contributed by atoms with Gasteiger partial charge in [0.25, 0.3) is 0 Å². The van der Waals surface area contributed by atoms with Gasteiger partial charge in [0.05, 0.1) is 5.56 Å². The minimum absolute atomic E-state index is 0.0294. The summed E-state index contributed by atoms with van der Waals surface area (Å²) in [6.45, 7) is 11.5. The third kappa shape index (κ3) is 3.22. The summed E-state index contributed by atoms with van der Waals surface area (Å²) in [4.78, 5) is 21.1. The molecule has 0 spiro atoms. The summed E-state index contributed by atoms with van der Waals surface area (Å²) in [7, 11) is 2.10. The van der Waals surface area contributed by atoms with Gasteiger partial charge in [0.15, 0.2) is 5.78 Å².